The van der Waals surface area contributed by atoms with E-state index in [-0.39, 0.29) is 24.3 Å². The number of hydrogen-bond acceptors (Lipinski definition) is 9. The van der Waals surface area contributed by atoms with Gasteiger partial charge in [0.15, 0.2) is 5.16 Å². The molecule has 1 atom stereocenters. The summed E-state index contributed by atoms with van der Waals surface area (Å²) in [5, 5.41) is 5.52. The van der Waals surface area contributed by atoms with E-state index >= 15 is 0 Å². The zero-order valence-electron chi connectivity index (χ0n) is 12.6. The van der Waals surface area contributed by atoms with Gasteiger partial charge in [-0.2, -0.15) is 15.0 Å². The molecule has 124 valence electrons. The average molecular weight is 339 g/mol. The number of esters is 1. The Morgan fingerprint density at radius 1 is 1.30 bits per heavy atom. The summed E-state index contributed by atoms with van der Waals surface area (Å²) in [4.78, 5) is 35.3. The molecule has 0 bridgehead atoms. The zero-order valence-corrected chi connectivity index (χ0v) is 13.4. The second-order valence-electron chi connectivity index (χ2n) is 4.56. The van der Waals surface area contributed by atoms with Crippen LogP contribution in [0.2, 0.25) is 0 Å². The van der Waals surface area contributed by atoms with Gasteiger partial charge in [-0.3, -0.25) is 0 Å². The Morgan fingerprint density at radius 3 is 2.57 bits per heavy atom. The third kappa shape index (κ3) is 4.22. The van der Waals surface area contributed by atoms with Crippen LogP contribution in [-0.2, 0) is 9.53 Å². The molecule has 2 amide bonds. The van der Waals surface area contributed by atoms with Crippen molar-refractivity contribution in [1.82, 2.24) is 25.6 Å². The van der Waals surface area contributed by atoms with E-state index in [0.717, 1.165) is 0 Å². The number of nitrogen functional groups attached to an aromatic ring is 2. The summed E-state index contributed by atoms with van der Waals surface area (Å²) in [5.74, 6) is -0.239. The van der Waals surface area contributed by atoms with Crippen LogP contribution in [0.25, 0.3) is 0 Å². The smallest absolute Gasteiger partial charge is 0.337 e. The maximum atomic E-state index is 12.1. The quantitative estimate of drug-likeness (QED) is 0.415. The fourth-order valence-corrected chi connectivity index (χ4v) is 2.80. The molecule has 0 saturated carbocycles. The minimum Gasteiger partial charge on any atom is -0.463 e. The van der Waals surface area contributed by atoms with Crippen LogP contribution < -0.4 is 22.1 Å². The first-order valence-corrected chi connectivity index (χ1v) is 7.76. The molecule has 0 aliphatic carbocycles. The highest BCUT2D eigenvalue weighted by molar-refractivity contribution is 7.99. The maximum absolute atomic E-state index is 12.1. The fraction of sp³-hybridized carbons (Fsp3) is 0.417. The summed E-state index contributed by atoms with van der Waals surface area (Å²) < 4.78 is 5.03. The topological polar surface area (TPSA) is 158 Å². The lowest BCUT2D eigenvalue weighted by atomic mass is 10.1. The lowest BCUT2D eigenvalue weighted by molar-refractivity contribution is -0.138. The van der Waals surface area contributed by atoms with Gasteiger partial charge in [0.05, 0.1) is 18.2 Å². The van der Waals surface area contributed by atoms with Gasteiger partial charge in [-0.05, 0) is 13.8 Å². The van der Waals surface area contributed by atoms with E-state index in [1.807, 2.05) is 0 Å². The molecule has 1 aromatic heterocycles. The largest absolute Gasteiger partial charge is 0.463 e. The van der Waals surface area contributed by atoms with Gasteiger partial charge >= 0.3 is 12.0 Å². The number of amides is 2. The summed E-state index contributed by atoms with van der Waals surface area (Å²) >= 11 is 1.17. The number of rotatable bonds is 5. The number of nitrogens with two attached hydrogens (primary N) is 2. The molecule has 1 unspecified atom stereocenters. The molecule has 10 nitrogen and oxygen atoms in total. The molecule has 1 aliphatic rings. The molecular weight excluding hydrogens is 322 g/mol. The standard InChI is InChI=1S/C12H17N7O3S/c1-3-22-8(20)7-5(2)15-11(21)16-6(7)4-23-12-18-9(13)17-10(14)19-12/h5H,3-4H2,1-2H3,(H2,15,16,21)(H4,13,14,17,18,19). The van der Waals surface area contributed by atoms with Crippen molar-refractivity contribution in [3.05, 3.63) is 11.3 Å². The van der Waals surface area contributed by atoms with Crippen molar-refractivity contribution in [2.24, 2.45) is 0 Å². The summed E-state index contributed by atoms with van der Waals surface area (Å²) in [7, 11) is 0. The van der Waals surface area contributed by atoms with E-state index in [0.29, 0.717) is 16.4 Å². The highest BCUT2D eigenvalue weighted by Gasteiger charge is 2.29. The Morgan fingerprint density at radius 2 is 1.96 bits per heavy atom. The molecule has 0 saturated heterocycles. The number of nitrogens with one attached hydrogen (secondary N) is 2. The monoisotopic (exact) mass is 339 g/mol. The van der Waals surface area contributed by atoms with Crippen molar-refractivity contribution in [2.45, 2.75) is 25.0 Å². The van der Waals surface area contributed by atoms with E-state index < -0.39 is 18.0 Å². The first-order valence-electron chi connectivity index (χ1n) is 6.78. The second kappa shape index (κ2) is 7.13. The van der Waals surface area contributed by atoms with E-state index in [9.17, 15) is 9.59 Å². The molecule has 0 fully saturated rings. The first kappa shape index (κ1) is 16.8. The molecule has 1 aliphatic heterocycles. The average Bonchev–Trinajstić information content (AvgIpc) is 2.43. The minimum atomic E-state index is -0.488. The van der Waals surface area contributed by atoms with E-state index in [4.69, 9.17) is 16.2 Å². The van der Waals surface area contributed by atoms with Crippen molar-refractivity contribution in [2.75, 3.05) is 23.8 Å². The summed E-state index contributed by atoms with van der Waals surface area (Å²) in [6.45, 7) is 3.65. The molecule has 0 aromatic carbocycles. The minimum absolute atomic E-state index is 0.00214. The summed E-state index contributed by atoms with van der Waals surface area (Å²) in [5.41, 5.74) is 11.8. The number of urea groups is 1. The summed E-state index contributed by atoms with van der Waals surface area (Å²) in [6.07, 6.45) is 0. The van der Waals surface area contributed by atoms with Gasteiger partial charge in [-0.1, -0.05) is 11.8 Å². The normalized spacial score (nSPS) is 17.5. The third-order valence-electron chi connectivity index (χ3n) is 2.86. The zero-order chi connectivity index (χ0) is 17.0. The highest BCUT2D eigenvalue weighted by Crippen LogP contribution is 2.22. The van der Waals surface area contributed by atoms with Crippen LogP contribution >= 0.6 is 11.8 Å². The van der Waals surface area contributed by atoms with Crippen molar-refractivity contribution in [1.29, 1.82) is 0 Å². The number of nitrogens with zero attached hydrogens (tertiary/aromatic N) is 3. The molecule has 1 aromatic rings. The van der Waals surface area contributed by atoms with Gasteiger partial charge in [0.1, 0.15) is 0 Å². The van der Waals surface area contributed by atoms with Gasteiger partial charge in [-0.15, -0.1) is 0 Å². The van der Waals surface area contributed by atoms with E-state index in [1.165, 1.54) is 11.8 Å². The number of hydrogen-bond donors (Lipinski definition) is 4. The van der Waals surface area contributed by atoms with E-state index in [1.54, 1.807) is 13.8 Å². The van der Waals surface area contributed by atoms with Crippen LogP contribution in [0.1, 0.15) is 13.8 Å². The maximum Gasteiger partial charge on any atom is 0.337 e. The molecule has 11 heteroatoms. The predicted octanol–water partition coefficient (Wildman–Crippen LogP) is -0.353. The molecule has 6 N–H and O–H groups in total. The van der Waals surface area contributed by atoms with Crippen molar-refractivity contribution in [3.63, 3.8) is 0 Å². The Kier molecular flexibility index (Phi) is 5.21. The fourth-order valence-electron chi connectivity index (χ4n) is 1.98. The van der Waals surface area contributed by atoms with Crippen LogP contribution in [0, 0.1) is 0 Å². The van der Waals surface area contributed by atoms with Crippen LogP contribution in [0.4, 0.5) is 16.7 Å². The molecule has 23 heavy (non-hydrogen) atoms. The summed E-state index contributed by atoms with van der Waals surface area (Å²) in [6, 6.07) is -0.859. The number of carbonyl (C=O) groups excluding carboxylic acids is 2. The molecular formula is C12H17N7O3S. The number of aromatic nitrogens is 3. The van der Waals surface area contributed by atoms with E-state index in [2.05, 4.69) is 25.6 Å². The van der Waals surface area contributed by atoms with Gasteiger partial charge in [0.2, 0.25) is 11.9 Å². The SMILES string of the molecule is CCOC(=O)C1=C(CSc2nc(N)nc(N)n2)NC(=O)NC1C. The number of ether oxygens (including phenoxy) is 1. The lowest BCUT2D eigenvalue weighted by Gasteiger charge is -2.26. The first-order chi connectivity index (χ1) is 10.9. The Hall–Kier alpha value is -2.56. The van der Waals surface area contributed by atoms with Crippen LogP contribution in [0.15, 0.2) is 16.4 Å². The number of carbonyl (C=O) groups is 2. The highest BCUT2D eigenvalue weighted by atomic mass is 32.2. The number of anilines is 2. The van der Waals surface area contributed by atoms with Gasteiger partial charge in [-0.25, -0.2) is 9.59 Å². The predicted molar refractivity (Wildman–Crippen MR) is 84.2 cm³/mol. The van der Waals surface area contributed by atoms with Crippen LogP contribution in [0.3, 0.4) is 0 Å². The molecule has 0 spiro atoms. The lowest BCUT2D eigenvalue weighted by Crippen LogP contribution is -2.49. The Labute approximate surface area is 136 Å². The third-order valence-corrected chi connectivity index (χ3v) is 3.73. The van der Waals surface area contributed by atoms with Crippen LogP contribution in [-0.4, -0.2) is 45.4 Å². The van der Waals surface area contributed by atoms with Crippen molar-refractivity contribution in [3.8, 4) is 0 Å². The number of thioether (sulfide) groups is 1. The Balaban J connectivity index is 2.22. The van der Waals surface area contributed by atoms with Gasteiger partial charge in [0, 0.05) is 11.4 Å². The molecule has 2 rings (SSSR count). The second-order valence-corrected chi connectivity index (χ2v) is 5.50. The van der Waals surface area contributed by atoms with Crippen LogP contribution in [0.5, 0.6) is 0 Å². The van der Waals surface area contributed by atoms with Gasteiger partial charge in [0.25, 0.3) is 0 Å². The van der Waals surface area contributed by atoms with Crippen molar-refractivity contribution >= 4 is 35.7 Å². The molecule has 0 radical (unpaired) electrons. The molecule has 2 heterocycles. The Bertz CT molecular complexity index is 644. The van der Waals surface area contributed by atoms with Gasteiger partial charge < -0.3 is 26.8 Å². The van der Waals surface area contributed by atoms with Crippen molar-refractivity contribution < 1.29 is 14.3 Å².